The van der Waals surface area contributed by atoms with Gasteiger partial charge in [0.15, 0.2) is 0 Å². The molecule has 3 nitrogen and oxygen atoms in total. The number of nitrogens with one attached hydrogen (secondary N) is 1. The van der Waals surface area contributed by atoms with E-state index < -0.39 is 0 Å². The predicted molar refractivity (Wildman–Crippen MR) is 93.2 cm³/mol. The zero-order valence-corrected chi connectivity index (χ0v) is 13.4. The summed E-state index contributed by atoms with van der Waals surface area (Å²) in [7, 11) is 0. The van der Waals surface area contributed by atoms with E-state index in [-0.39, 0.29) is 12.4 Å². The van der Waals surface area contributed by atoms with Crippen LogP contribution in [0.3, 0.4) is 0 Å². The average molecular weight is 330 g/mol. The molecular weight excluding hydrogens is 317 g/mol. The van der Waals surface area contributed by atoms with E-state index in [2.05, 4.69) is 16.4 Å². The highest BCUT2D eigenvalue weighted by molar-refractivity contribution is 6.30. The molecule has 1 heterocycles. The molecule has 0 aliphatic rings. The summed E-state index contributed by atoms with van der Waals surface area (Å²) in [5.74, 6) is 0. The van der Waals surface area contributed by atoms with Crippen molar-refractivity contribution in [1.29, 1.82) is 5.26 Å². The van der Waals surface area contributed by atoms with Crippen LogP contribution in [-0.4, -0.2) is 4.98 Å². The largest absolute Gasteiger partial charge is 0.354 e. The van der Waals surface area contributed by atoms with E-state index in [4.69, 9.17) is 11.6 Å². The molecule has 0 fully saturated rings. The van der Waals surface area contributed by atoms with Crippen LogP contribution in [0.15, 0.2) is 48.7 Å². The van der Waals surface area contributed by atoms with Crippen LogP contribution in [0.5, 0.6) is 0 Å². The minimum Gasteiger partial charge on any atom is -0.354 e. The topological polar surface area (TPSA) is 48.7 Å². The first kappa shape index (κ1) is 16.1. The number of hydrogen-bond donors (Lipinski definition) is 1. The molecule has 5 heteroatoms. The molecule has 0 atom stereocenters. The number of aryl methyl sites for hydroxylation is 1. The van der Waals surface area contributed by atoms with E-state index in [0.29, 0.717) is 10.6 Å². The first-order chi connectivity index (χ1) is 10.2. The highest BCUT2D eigenvalue weighted by atomic mass is 35.5. The Hall–Kier alpha value is -2.28. The number of hydrogen-bond acceptors (Lipinski definition) is 3. The Balaban J connectivity index is 0.00000176. The van der Waals surface area contributed by atoms with Crippen molar-refractivity contribution in [2.45, 2.75) is 6.92 Å². The first-order valence-corrected chi connectivity index (χ1v) is 6.87. The number of aromatic nitrogens is 1. The number of rotatable bonds is 2. The van der Waals surface area contributed by atoms with Gasteiger partial charge in [0.25, 0.3) is 0 Å². The number of nitrogens with zero attached hydrogens (tertiary/aromatic N) is 2. The van der Waals surface area contributed by atoms with Crippen LogP contribution < -0.4 is 5.32 Å². The summed E-state index contributed by atoms with van der Waals surface area (Å²) >= 11 is 5.90. The third-order valence-electron chi connectivity index (χ3n) is 3.26. The number of benzene rings is 2. The van der Waals surface area contributed by atoms with Crippen LogP contribution in [0.1, 0.15) is 11.1 Å². The van der Waals surface area contributed by atoms with Crippen molar-refractivity contribution in [3.05, 3.63) is 64.8 Å². The van der Waals surface area contributed by atoms with Gasteiger partial charge in [0.05, 0.1) is 16.8 Å². The van der Waals surface area contributed by atoms with Crippen molar-refractivity contribution in [3.8, 4) is 6.07 Å². The number of anilines is 2. The van der Waals surface area contributed by atoms with Crippen molar-refractivity contribution in [2.75, 3.05) is 5.32 Å². The highest BCUT2D eigenvalue weighted by Gasteiger charge is 2.09. The van der Waals surface area contributed by atoms with Gasteiger partial charge in [0, 0.05) is 22.3 Å². The van der Waals surface area contributed by atoms with Gasteiger partial charge in [-0.25, -0.2) is 0 Å². The van der Waals surface area contributed by atoms with Crippen LogP contribution in [0.2, 0.25) is 5.02 Å². The molecule has 1 N–H and O–H groups in total. The van der Waals surface area contributed by atoms with Gasteiger partial charge in [-0.15, -0.1) is 12.4 Å². The smallest absolute Gasteiger partial charge is 0.103 e. The average Bonchev–Trinajstić information content (AvgIpc) is 2.50. The fourth-order valence-electron chi connectivity index (χ4n) is 2.20. The van der Waals surface area contributed by atoms with E-state index in [1.807, 2.05) is 49.4 Å². The van der Waals surface area contributed by atoms with Crippen LogP contribution in [0, 0.1) is 18.3 Å². The Labute approximate surface area is 140 Å². The normalized spacial score (nSPS) is 9.86. The van der Waals surface area contributed by atoms with Crippen molar-refractivity contribution in [3.63, 3.8) is 0 Å². The summed E-state index contributed by atoms with van der Waals surface area (Å²) in [6.45, 7) is 2.02. The van der Waals surface area contributed by atoms with Gasteiger partial charge in [-0.1, -0.05) is 23.2 Å². The summed E-state index contributed by atoms with van der Waals surface area (Å²) in [4.78, 5) is 4.33. The minimum atomic E-state index is 0. The molecule has 1 aromatic heterocycles. The monoisotopic (exact) mass is 329 g/mol. The molecule has 0 aliphatic carbocycles. The predicted octanol–water partition coefficient (Wildman–Crippen LogP) is 5.23. The van der Waals surface area contributed by atoms with E-state index >= 15 is 0 Å². The second-order valence-corrected chi connectivity index (χ2v) is 5.25. The molecule has 0 radical (unpaired) electrons. The minimum absolute atomic E-state index is 0. The van der Waals surface area contributed by atoms with Crippen molar-refractivity contribution < 1.29 is 0 Å². The van der Waals surface area contributed by atoms with E-state index in [1.54, 1.807) is 6.20 Å². The van der Waals surface area contributed by atoms with E-state index in [1.165, 1.54) is 0 Å². The Morgan fingerprint density at radius 1 is 1.14 bits per heavy atom. The van der Waals surface area contributed by atoms with Gasteiger partial charge in [-0.05, 0) is 43.3 Å². The summed E-state index contributed by atoms with van der Waals surface area (Å²) < 4.78 is 0. The Kier molecular flexibility index (Phi) is 4.87. The molecule has 0 saturated carbocycles. The molecule has 0 aliphatic heterocycles. The SMILES string of the molecule is Cc1ccc2ncc(C#N)c(Nc3ccc(Cl)cc3)c2c1.Cl. The molecule has 0 saturated heterocycles. The van der Waals surface area contributed by atoms with Gasteiger partial charge in [-0.2, -0.15) is 5.26 Å². The number of pyridine rings is 1. The summed E-state index contributed by atoms with van der Waals surface area (Å²) in [6, 6.07) is 15.6. The quantitative estimate of drug-likeness (QED) is 0.699. The lowest BCUT2D eigenvalue weighted by Crippen LogP contribution is -1.97. The van der Waals surface area contributed by atoms with Gasteiger partial charge >= 0.3 is 0 Å². The standard InChI is InChI=1S/C17H12ClN3.ClH/c1-11-2-7-16-15(8-11)17(12(9-19)10-20-16)21-14-5-3-13(18)4-6-14;/h2-8,10H,1H3,(H,20,21);1H. The molecule has 0 amide bonds. The van der Waals surface area contributed by atoms with Crippen LogP contribution >= 0.6 is 24.0 Å². The Bertz CT molecular complexity index is 852. The third-order valence-corrected chi connectivity index (χ3v) is 3.51. The van der Waals surface area contributed by atoms with Crippen molar-refractivity contribution >= 4 is 46.3 Å². The summed E-state index contributed by atoms with van der Waals surface area (Å²) in [5.41, 5.74) is 4.15. The van der Waals surface area contributed by atoms with Gasteiger partial charge in [0.2, 0.25) is 0 Å². The third kappa shape index (κ3) is 3.14. The summed E-state index contributed by atoms with van der Waals surface area (Å²) in [5, 5.41) is 14.2. The van der Waals surface area contributed by atoms with Crippen LogP contribution in [0.4, 0.5) is 11.4 Å². The Morgan fingerprint density at radius 2 is 1.86 bits per heavy atom. The lowest BCUT2D eigenvalue weighted by Gasteiger charge is -2.12. The van der Waals surface area contributed by atoms with E-state index in [9.17, 15) is 5.26 Å². The maximum absolute atomic E-state index is 9.32. The fraction of sp³-hybridized carbons (Fsp3) is 0.0588. The second-order valence-electron chi connectivity index (χ2n) is 4.81. The van der Waals surface area contributed by atoms with Gasteiger partial charge < -0.3 is 5.32 Å². The molecule has 22 heavy (non-hydrogen) atoms. The van der Waals surface area contributed by atoms with Gasteiger partial charge in [-0.3, -0.25) is 4.98 Å². The zero-order chi connectivity index (χ0) is 14.8. The maximum Gasteiger partial charge on any atom is 0.103 e. The molecule has 3 aromatic rings. The van der Waals surface area contributed by atoms with Gasteiger partial charge in [0.1, 0.15) is 6.07 Å². The molecule has 0 unspecified atom stereocenters. The van der Waals surface area contributed by atoms with E-state index in [0.717, 1.165) is 27.8 Å². The van der Waals surface area contributed by atoms with Crippen molar-refractivity contribution in [1.82, 2.24) is 4.98 Å². The molecule has 3 rings (SSSR count). The lowest BCUT2D eigenvalue weighted by atomic mass is 10.1. The zero-order valence-electron chi connectivity index (χ0n) is 11.8. The second kappa shape index (κ2) is 6.65. The number of fused-ring (bicyclic) bond motifs is 1. The molecular formula is C17H13Cl2N3. The molecule has 0 spiro atoms. The van der Waals surface area contributed by atoms with Crippen LogP contribution in [-0.2, 0) is 0 Å². The molecule has 2 aromatic carbocycles. The maximum atomic E-state index is 9.32. The molecule has 110 valence electrons. The lowest BCUT2D eigenvalue weighted by molar-refractivity contribution is 1.35. The fourth-order valence-corrected chi connectivity index (χ4v) is 2.33. The molecule has 0 bridgehead atoms. The summed E-state index contributed by atoms with van der Waals surface area (Å²) in [6.07, 6.45) is 1.59. The van der Waals surface area contributed by atoms with Crippen molar-refractivity contribution in [2.24, 2.45) is 0 Å². The van der Waals surface area contributed by atoms with Crippen LogP contribution in [0.25, 0.3) is 10.9 Å². The number of nitriles is 1. The Morgan fingerprint density at radius 3 is 2.55 bits per heavy atom. The number of halogens is 2. The first-order valence-electron chi connectivity index (χ1n) is 6.49. The highest BCUT2D eigenvalue weighted by Crippen LogP contribution is 2.29.